The summed E-state index contributed by atoms with van der Waals surface area (Å²) < 4.78 is 16.4. The smallest absolute Gasteiger partial charge is 0.363 e. The Morgan fingerprint density at radius 3 is 2.54 bits per heavy atom. The Labute approximate surface area is 150 Å². The molecule has 0 amide bonds. The van der Waals surface area contributed by atoms with Gasteiger partial charge in [-0.15, -0.1) is 0 Å². The number of cyclic esters (lactones) is 1. The molecule has 0 saturated carbocycles. The zero-order valence-electron chi connectivity index (χ0n) is 14.0. The molecule has 5 nitrogen and oxygen atoms in total. The molecule has 0 aliphatic carbocycles. The summed E-state index contributed by atoms with van der Waals surface area (Å²) in [6.07, 6.45) is 1.57. The van der Waals surface area contributed by atoms with Crippen LogP contribution in [-0.2, 0) is 9.53 Å². The highest BCUT2D eigenvalue weighted by Gasteiger charge is 2.24. The number of esters is 1. The minimum absolute atomic E-state index is 0.199. The summed E-state index contributed by atoms with van der Waals surface area (Å²) >= 11 is 0. The van der Waals surface area contributed by atoms with E-state index in [9.17, 15) is 4.79 Å². The van der Waals surface area contributed by atoms with E-state index in [0.717, 1.165) is 11.1 Å². The van der Waals surface area contributed by atoms with Crippen molar-refractivity contribution in [2.24, 2.45) is 4.99 Å². The molecule has 1 aliphatic rings. The van der Waals surface area contributed by atoms with Crippen LogP contribution in [0.2, 0.25) is 0 Å². The van der Waals surface area contributed by atoms with Gasteiger partial charge in [0.05, 0.1) is 12.7 Å². The van der Waals surface area contributed by atoms with Crippen LogP contribution in [0.15, 0.2) is 81.8 Å². The Bertz CT molecular complexity index is 1020. The number of benzene rings is 2. The van der Waals surface area contributed by atoms with Crippen LogP contribution in [0, 0.1) is 0 Å². The van der Waals surface area contributed by atoms with Gasteiger partial charge < -0.3 is 13.9 Å². The molecule has 1 aliphatic heterocycles. The molecule has 0 unspecified atom stereocenters. The van der Waals surface area contributed by atoms with Gasteiger partial charge in [-0.2, -0.15) is 0 Å². The molecule has 0 fully saturated rings. The van der Waals surface area contributed by atoms with Gasteiger partial charge in [-0.1, -0.05) is 30.3 Å². The molecule has 0 N–H and O–H groups in total. The molecule has 26 heavy (non-hydrogen) atoms. The predicted molar refractivity (Wildman–Crippen MR) is 97.7 cm³/mol. The summed E-state index contributed by atoms with van der Waals surface area (Å²) in [4.78, 5) is 16.3. The van der Waals surface area contributed by atoms with Crippen LogP contribution in [-0.4, -0.2) is 19.0 Å². The highest BCUT2D eigenvalue weighted by molar-refractivity contribution is 6.12. The number of hydrogen-bond donors (Lipinski definition) is 0. The average Bonchev–Trinajstić information content (AvgIpc) is 3.30. The number of methoxy groups -OCH3 is 1. The fourth-order valence-corrected chi connectivity index (χ4v) is 2.67. The number of rotatable bonds is 4. The van der Waals surface area contributed by atoms with Gasteiger partial charge in [0.2, 0.25) is 5.90 Å². The number of aliphatic imine (C=N–C) groups is 1. The highest BCUT2D eigenvalue weighted by Crippen LogP contribution is 2.31. The first-order valence-electron chi connectivity index (χ1n) is 8.06. The average molecular weight is 345 g/mol. The summed E-state index contributed by atoms with van der Waals surface area (Å²) in [5.41, 5.74) is 1.78. The number of nitrogens with zero attached hydrogens (tertiary/aromatic N) is 1. The van der Waals surface area contributed by atoms with E-state index in [0.29, 0.717) is 23.2 Å². The molecule has 0 atom stereocenters. The van der Waals surface area contributed by atoms with E-state index < -0.39 is 5.97 Å². The van der Waals surface area contributed by atoms with Crippen molar-refractivity contribution in [1.29, 1.82) is 0 Å². The molecule has 0 saturated heterocycles. The minimum Gasteiger partial charge on any atom is -0.496 e. The fraction of sp³-hybridized carbons (Fsp3) is 0.0476. The van der Waals surface area contributed by atoms with Gasteiger partial charge in [-0.3, -0.25) is 0 Å². The van der Waals surface area contributed by atoms with Gasteiger partial charge >= 0.3 is 5.97 Å². The zero-order valence-corrected chi connectivity index (χ0v) is 14.0. The van der Waals surface area contributed by atoms with E-state index in [2.05, 4.69) is 4.99 Å². The van der Waals surface area contributed by atoms with Crippen molar-refractivity contribution in [1.82, 2.24) is 0 Å². The van der Waals surface area contributed by atoms with Gasteiger partial charge in [-0.25, -0.2) is 9.79 Å². The molecule has 128 valence electrons. The summed E-state index contributed by atoms with van der Waals surface area (Å²) in [6.45, 7) is 0. The SMILES string of the molecule is COc1ccccc1-c1ccc(/C=C2\N=C(c3ccccc3)OC2=O)o1. The van der Waals surface area contributed by atoms with Gasteiger partial charge in [0.25, 0.3) is 0 Å². The Morgan fingerprint density at radius 1 is 0.962 bits per heavy atom. The maximum absolute atomic E-state index is 12.1. The first-order chi connectivity index (χ1) is 12.7. The number of hydrogen-bond acceptors (Lipinski definition) is 5. The van der Waals surface area contributed by atoms with Crippen LogP contribution in [0.3, 0.4) is 0 Å². The first-order valence-corrected chi connectivity index (χ1v) is 8.06. The van der Waals surface area contributed by atoms with Crippen molar-refractivity contribution in [3.05, 3.63) is 83.8 Å². The van der Waals surface area contributed by atoms with Crippen molar-refractivity contribution < 1.29 is 18.7 Å². The van der Waals surface area contributed by atoms with E-state index in [1.165, 1.54) is 0 Å². The largest absolute Gasteiger partial charge is 0.496 e. The van der Waals surface area contributed by atoms with Crippen molar-refractivity contribution in [3.63, 3.8) is 0 Å². The summed E-state index contributed by atoms with van der Waals surface area (Å²) in [6, 6.07) is 20.4. The molecular weight excluding hydrogens is 330 g/mol. The van der Waals surface area contributed by atoms with Crippen molar-refractivity contribution in [3.8, 4) is 17.1 Å². The molecule has 1 aromatic heterocycles. The maximum atomic E-state index is 12.1. The van der Waals surface area contributed by atoms with Crippen LogP contribution in [0.5, 0.6) is 5.75 Å². The normalized spacial score (nSPS) is 15.0. The van der Waals surface area contributed by atoms with Gasteiger partial charge in [0, 0.05) is 11.6 Å². The van der Waals surface area contributed by atoms with Crippen LogP contribution in [0.1, 0.15) is 11.3 Å². The lowest BCUT2D eigenvalue weighted by Gasteiger charge is -2.04. The first kappa shape index (κ1) is 15.9. The monoisotopic (exact) mass is 345 g/mol. The van der Waals surface area contributed by atoms with Gasteiger partial charge in [0.15, 0.2) is 5.70 Å². The molecule has 0 spiro atoms. The van der Waals surface area contributed by atoms with E-state index >= 15 is 0 Å². The third-order valence-corrected chi connectivity index (χ3v) is 3.92. The Hall–Kier alpha value is -3.60. The van der Waals surface area contributed by atoms with Crippen molar-refractivity contribution in [2.75, 3.05) is 7.11 Å². The lowest BCUT2D eigenvalue weighted by molar-refractivity contribution is -0.129. The molecular formula is C21H15NO4. The second kappa shape index (κ2) is 6.72. The number of furan rings is 1. The Kier molecular flexibility index (Phi) is 4.11. The van der Waals surface area contributed by atoms with Gasteiger partial charge in [0.1, 0.15) is 17.3 Å². The highest BCUT2D eigenvalue weighted by atomic mass is 16.6. The molecule has 2 aromatic carbocycles. The standard InChI is InChI=1S/C21H15NO4/c1-24-18-10-6-5-9-16(18)19-12-11-15(25-19)13-17-21(23)26-20(22-17)14-7-3-2-4-8-14/h2-13H,1H3/b17-13-. The zero-order chi connectivity index (χ0) is 17.9. The summed E-state index contributed by atoms with van der Waals surface area (Å²) in [5, 5.41) is 0. The lowest BCUT2D eigenvalue weighted by atomic mass is 10.1. The van der Waals surface area contributed by atoms with E-state index in [4.69, 9.17) is 13.9 Å². The van der Waals surface area contributed by atoms with E-state index in [1.54, 1.807) is 19.3 Å². The Morgan fingerprint density at radius 2 is 1.73 bits per heavy atom. The fourth-order valence-electron chi connectivity index (χ4n) is 2.67. The molecule has 5 heteroatoms. The number of carbonyl (C=O) groups excluding carboxylic acids is 1. The maximum Gasteiger partial charge on any atom is 0.363 e. The van der Waals surface area contributed by atoms with Crippen molar-refractivity contribution in [2.45, 2.75) is 0 Å². The second-order valence-electron chi connectivity index (χ2n) is 5.60. The van der Waals surface area contributed by atoms with E-state index in [-0.39, 0.29) is 5.70 Å². The molecule has 4 rings (SSSR count). The topological polar surface area (TPSA) is 61.0 Å². The van der Waals surface area contributed by atoms with Gasteiger partial charge in [-0.05, 0) is 36.4 Å². The third kappa shape index (κ3) is 3.02. The van der Waals surface area contributed by atoms with Crippen molar-refractivity contribution >= 4 is 17.9 Å². The number of para-hydroxylation sites is 1. The summed E-state index contributed by atoms with van der Waals surface area (Å²) in [7, 11) is 1.61. The minimum atomic E-state index is -0.501. The Balaban J connectivity index is 1.64. The van der Waals surface area contributed by atoms with Crippen LogP contribution in [0.4, 0.5) is 0 Å². The lowest BCUT2D eigenvalue weighted by Crippen LogP contribution is -2.04. The molecule has 2 heterocycles. The van der Waals surface area contributed by atoms with Crippen LogP contribution < -0.4 is 4.74 Å². The quantitative estimate of drug-likeness (QED) is 0.522. The second-order valence-corrected chi connectivity index (χ2v) is 5.60. The third-order valence-electron chi connectivity index (χ3n) is 3.92. The predicted octanol–water partition coefficient (Wildman–Crippen LogP) is 4.30. The van der Waals surface area contributed by atoms with Crippen LogP contribution in [0.25, 0.3) is 17.4 Å². The number of ether oxygens (including phenoxy) is 2. The molecule has 3 aromatic rings. The molecule has 0 bridgehead atoms. The van der Waals surface area contributed by atoms with Crippen LogP contribution >= 0.6 is 0 Å². The number of carbonyl (C=O) groups is 1. The summed E-state index contributed by atoms with van der Waals surface area (Å²) in [5.74, 6) is 1.66. The molecule has 0 radical (unpaired) electrons. The van der Waals surface area contributed by atoms with E-state index in [1.807, 2.05) is 60.7 Å².